The van der Waals surface area contributed by atoms with E-state index < -0.39 is 22.0 Å². The monoisotopic (exact) mass is 456 g/mol. The van der Waals surface area contributed by atoms with Gasteiger partial charge in [0.05, 0.1) is 10.3 Å². The van der Waals surface area contributed by atoms with Crippen LogP contribution in [0, 0.1) is 0 Å². The van der Waals surface area contributed by atoms with Gasteiger partial charge in [-0.25, -0.2) is 13.5 Å². The van der Waals surface area contributed by atoms with Crippen LogP contribution in [-0.2, 0) is 26.3 Å². The fourth-order valence-corrected chi connectivity index (χ4v) is 5.62. The average Bonchev–Trinajstić information content (AvgIpc) is 3.00. The molecule has 2 aromatic rings. The average molecular weight is 457 g/mol. The molecule has 1 aromatic heterocycles. The van der Waals surface area contributed by atoms with Gasteiger partial charge in [0.2, 0.25) is 0 Å². The number of nitrogens with zero attached hydrogens (tertiary/aromatic N) is 1. The number of hydrogen-bond donors (Lipinski definition) is 1. The first-order valence-electron chi connectivity index (χ1n) is 7.86. The van der Waals surface area contributed by atoms with E-state index >= 15 is 0 Å². The van der Waals surface area contributed by atoms with E-state index in [2.05, 4.69) is 20.7 Å². The van der Waals surface area contributed by atoms with Crippen LogP contribution in [0.3, 0.4) is 0 Å². The minimum atomic E-state index is -3.78. The van der Waals surface area contributed by atoms with Gasteiger partial charge in [-0.3, -0.25) is 9.63 Å². The van der Waals surface area contributed by atoms with Gasteiger partial charge in [0.15, 0.2) is 0 Å². The number of halogens is 1. The Labute approximate surface area is 164 Å². The number of rotatable bonds is 6. The standard InChI is InChI=1S/C17H17BrN2O4S2/c18-15-9-10-16(25-15)26(22,23)19-14-8-4-5-11-20(17(14)21)24-12-13-6-2-1-3-7-13/h1-7,9-10,14,19H,8,11-12H2/t14-/m1/s1. The van der Waals surface area contributed by atoms with Gasteiger partial charge in [0, 0.05) is 0 Å². The summed E-state index contributed by atoms with van der Waals surface area (Å²) in [6.45, 7) is 0.506. The Kier molecular flexibility index (Phi) is 6.25. The van der Waals surface area contributed by atoms with Crippen LogP contribution >= 0.6 is 27.3 Å². The number of hydrogen-bond acceptors (Lipinski definition) is 5. The first-order chi connectivity index (χ1) is 12.5. The number of hydroxylamine groups is 2. The Balaban J connectivity index is 1.69. The van der Waals surface area contributed by atoms with E-state index in [4.69, 9.17) is 4.84 Å². The van der Waals surface area contributed by atoms with E-state index in [9.17, 15) is 13.2 Å². The maximum atomic E-state index is 12.7. The summed E-state index contributed by atoms with van der Waals surface area (Å²) in [6, 6.07) is 11.7. The number of sulfonamides is 1. The number of amides is 1. The molecule has 6 nitrogen and oxygen atoms in total. The normalized spacial score (nSPS) is 18.1. The molecule has 0 spiro atoms. The third-order valence-electron chi connectivity index (χ3n) is 3.69. The lowest BCUT2D eigenvalue weighted by molar-refractivity contribution is -0.189. The van der Waals surface area contributed by atoms with Gasteiger partial charge in [0.1, 0.15) is 16.9 Å². The number of carbonyl (C=O) groups excluding carboxylic acids is 1. The lowest BCUT2D eigenvalue weighted by Gasteiger charge is -2.23. The molecule has 0 radical (unpaired) electrons. The van der Waals surface area contributed by atoms with Gasteiger partial charge in [-0.1, -0.05) is 42.5 Å². The summed E-state index contributed by atoms with van der Waals surface area (Å²) in [4.78, 5) is 18.3. The zero-order valence-electron chi connectivity index (χ0n) is 13.7. The summed E-state index contributed by atoms with van der Waals surface area (Å²) in [6.07, 6.45) is 3.84. The van der Waals surface area contributed by atoms with Crippen LogP contribution < -0.4 is 4.72 Å². The molecule has 1 amide bonds. The largest absolute Gasteiger partial charge is 0.271 e. The van der Waals surface area contributed by atoms with Crippen LogP contribution in [0.4, 0.5) is 0 Å². The summed E-state index contributed by atoms with van der Waals surface area (Å²) < 4.78 is 28.3. The molecule has 2 heterocycles. The van der Waals surface area contributed by atoms with Crippen LogP contribution in [-0.4, -0.2) is 32.0 Å². The molecule has 1 aliphatic heterocycles. The van der Waals surface area contributed by atoms with E-state index in [-0.39, 0.29) is 23.8 Å². The van der Waals surface area contributed by atoms with Crippen molar-refractivity contribution in [2.75, 3.05) is 6.54 Å². The molecule has 1 aliphatic rings. The Hall–Kier alpha value is -1.52. The first kappa shape index (κ1) is 19.2. The zero-order valence-corrected chi connectivity index (χ0v) is 16.9. The summed E-state index contributed by atoms with van der Waals surface area (Å²) in [7, 11) is -3.78. The predicted octanol–water partition coefficient (Wildman–Crippen LogP) is 3.08. The number of benzene rings is 1. The Morgan fingerprint density at radius 1 is 1.19 bits per heavy atom. The van der Waals surface area contributed by atoms with Crippen molar-refractivity contribution in [1.29, 1.82) is 0 Å². The first-order valence-corrected chi connectivity index (χ1v) is 11.0. The minimum Gasteiger partial charge on any atom is -0.271 e. The highest BCUT2D eigenvalue weighted by atomic mass is 79.9. The molecule has 0 fully saturated rings. The Morgan fingerprint density at radius 2 is 1.96 bits per heavy atom. The summed E-state index contributed by atoms with van der Waals surface area (Å²) in [5.41, 5.74) is 0.925. The second-order valence-electron chi connectivity index (χ2n) is 5.60. The Bertz CT molecular complexity index is 896. The summed E-state index contributed by atoms with van der Waals surface area (Å²) >= 11 is 4.34. The molecule has 0 aliphatic carbocycles. The smallest absolute Gasteiger partial charge is 0.264 e. The number of nitrogens with one attached hydrogen (secondary N) is 1. The van der Waals surface area contributed by atoms with Crippen LogP contribution in [0.15, 0.2) is 62.6 Å². The van der Waals surface area contributed by atoms with Gasteiger partial charge >= 0.3 is 0 Å². The predicted molar refractivity (Wildman–Crippen MR) is 103 cm³/mol. The zero-order chi connectivity index (χ0) is 18.6. The maximum absolute atomic E-state index is 12.7. The second kappa shape index (κ2) is 8.45. The van der Waals surface area contributed by atoms with Gasteiger partial charge in [-0.2, -0.15) is 4.72 Å². The summed E-state index contributed by atoms with van der Waals surface area (Å²) in [5.74, 6) is -0.412. The molecule has 1 N–H and O–H groups in total. The van der Waals surface area contributed by atoms with Gasteiger partial charge in [-0.05, 0) is 40.0 Å². The number of thiophene rings is 1. The van der Waals surface area contributed by atoms with Crippen LogP contribution in [0.25, 0.3) is 0 Å². The van der Waals surface area contributed by atoms with Crippen molar-refractivity contribution in [3.8, 4) is 0 Å². The van der Waals surface area contributed by atoms with Gasteiger partial charge < -0.3 is 0 Å². The van der Waals surface area contributed by atoms with Crippen molar-refractivity contribution in [2.45, 2.75) is 23.3 Å². The highest BCUT2D eigenvalue weighted by Gasteiger charge is 2.31. The van der Waals surface area contributed by atoms with Crippen molar-refractivity contribution in [3.05, 3.63) is 64.0 Å². The van der Waals surface area contributed by atoms with Crippen LogP contribution in [0.2, 0.25) is 0 Å². The molecular formula is C17H17BrN2O4S2. The van der Waals surface area contributed by atoms with Crippen LogP contribution in [0.1, 0.15) is 12.0 Å². The maximum Gasteiger partial charge on any atom is 0.264 e. The SMILES string of the molecule is O=C1[C@H](NS(=O)(=O)c2ccc(Br)s2)CC=CCN1OCc1ccccc1. The molecule has 0 bridgehead atoms. The van der Waals surface area contributed by atoms with Gasteiger partial charge in [-0.15, -0.1) is 11.3 Å². The molecule has 26 heavy (non-hydrogen) atoms. The fraction of sp³-hybridized carbons (Fsp3) is 0.235. The van der Waals surface area contributed by atoms with Crippen molar-refractivity contribution in [2.24, 2.45) is 0 Å². The molecule has 0 saturated carbocycles. The molecule has 1 atom stereocenters. The van der Waals surface area contributed by atoms with E-state index in [0.717, 1.165) is 16.9 Å². The van der Waals surface area contributed by atoms with E-state index in [1.54, 1.807) is 18.2 Å². The Morgan fingerprint density at radius 3 is 2.65 bits per heavy atom. The highest BCUT2D eigenvalue weighted by Crippen LogP contribution is 2.26. The molecular weight excluding hydrogens is 440 g/mol. The van der Waals surface area contributed by atoms with Crippen LogP contribution in [0.5, 0.6) is 0 Å². The molecule has 1 aromatic carbocycles. The van der Waals surface area contributed by atoms with Crippen molar-refractivity contribution in [1.82, 2.24) is 9.79 Å². The van der Waals surface area contributed by atoms with Crippen molar-refractivity contribution in [3.63, 3.8) is 0 Å². The molecule has 3 rings (SSSR count). The molecule has 9 heteroatoms. The van der Waals surface area contributed by atoms with E-state index in [1.807, 2.05) is 30.3 Å². The van der Waals surface area contributed by atoms with E-state index in [0.29, 0.717) is 3.79 Å². The van der Waals surface area contributed by atoms with E-state index in [1.165, 1.54) is 11.1 Å². The quantitative estimate of drug-likeness (QED) is 0.677. The minimum absolute atomic E-state index is 0.155. The molecule has 138 valence electrons. The lowest BCUT2D eigenvalue weighted by atomic mass is 10.2. The van der Waals surface area contributed by atoms with Crippen molar-refractivity contribution < 1.29 is 18.0 Å². The molecule has 0 saturated heterocycles. The third-order valence-corrected chi connectivity index (χ3v) is 7.28. The lowest BCUT2D eigenvalue weighted by Crippen LogP contribution is -2.47. The topological polar surface area (TPSA) is 75.7 Å². The fourth-order valence-electron chi connectivity index (χ4n) is 2.40. The number of carbonyl (C=O) groups is 1. The summed E-state index contributed by atoms with van der Waals surface area (Å²) in [5, 5.41) is 1.20. The molecule has 0 unspecified atom stereocenters. The van der Waals surface area contributed by atoms with Gasteiger partial charge in [0.25, 0.3) is 15.9 Å². The third kappa shape index (κ3) is 4.80. The van der Waals surface area contributed by atoms with Crippen molar-refractivity contribution >= 4 is 43.2 Å². The second-order valence-corrected chi connectivity index (χ2v) is 10.0. The highest BCUT2D eigenvalue weighted by molar-refractivity contribution is 9.11.